The van der Waals surface area contributed by atoms with Crippen LogP contribution in [-0.4, -0.2) is 41.3 Å². The van der Waals surface area contributed by atoms with Gasteiger partial charge in [-0.25, -0.2) is 9.97 Å². The predicted octanol–water partition coefficient (Wildman–Crippen LogP) is 2.54. The van der Waals surface area contributed by atoms with Crippen LogP contribution in [0.1, 0.15) is 0 Å². The Morgan fingerprint density at radius 3 is 2.86 bits per heavy atom. The fourth-order valence-corrected chi connectivity index (χ4v) is 2.76. The number of hydrogen-bond donors (Lipinski definition) is 2. The van der Waals surface area contributed by atoms with Gasteiger partial charge in [0.1, 0.15) is 17.8 Å². The molecule has 0 aliphatic carbocycles. The van der Waals surface area contributed by atoms with Crippen LogP contribution < -0.4 is 10.2 Å². The molecule has 6 heteroatoms. The van der Waals surface area contributed by atoms with Crippen LogP contribution >= 0.6 is 0 Å². The largest absolute Gasteiger partial charge is 0.378 e. The highest BCUT2D eigenvalue weighted by Crippen LogP contribution is 2.30. The molecule has 22 heavy (non-hydrogen) atoms. The van der Waals surface area contributed by atoms with E-state index in [-0.39, 0.29) is 0 Å². The molecule has 3 aromatic rings. The number of anilines is 3. The SMILES string of the molecule is c1ccc(N2CCOCC2)c(Nc2ncnc3[nH]ccc23)c1. The molecule has 1 saturated heterocycles. The summed E-state index contributed by atoms with van der Waals surface area (Å²) < 4.78 is 5.44. The third-order valence-corrected chi connectivity index (χ3v) is 3.86. The van der Waals surface area contributed by atoms with Gasteiger partial charge in [-0.3, -0.25) is 0 Å². The van der Waals surface area contributed by atoms with E-state index in [0.29, 0.717) is 0 Å². The van der Waals surface area contributed by atoms with Crippen molar-refractivity contribution in [2.24, 2.45) is 0 Å². The highest BCUT2D eigenvalue weighted by molar-refractivity contribution is 5.90. The van der Waals surface area contributed by atoms with Gasteiger partial charge in [-0.15, -0.1) is 0 Å². The van der Waals surface area contributed by atoms with E-state index in [2.05, 4.69) is 43.4 Å². The van der Waals surface area contributed by atoms with Crippen molar-refractivity contribution in [3.63, 3.8) is 0 Å². The number of nitrogens with one attached hydrogen (secondary N) is 2. The number of aromatic nitrogens is 3. The standard InChI is InChI=1S/C16H17N5O/c1-2-4-14(21-7-9-22-10-8-21)13(3-1)20-16-12-5-6-17-15(12)18-11-19-16/h1-6,11H,7-10H2,(H2,17,18,19,20). The van der Waals surface area contributed by atoms with E-state index in [1.165, 1.54) is 5.69 Å². The van der Waals surface area contributed by atoms with Gasteiger partial charge in [-0.05, 0) is 18.2 Å². The lowest BCUT2D eigenvalue weighted by Crippen LogP contribution is -2.36. The van der Waals surface area contributed by atoms with E-state index in [1.54, 1.807) is 6.33 Å². The van der Waals surface area contributed by atoms with E-state index < -0.39 is 0 Å². The first kappa shape index (κ1) is 13.1. The lowest BCUT2D eigenvalue weighted by atomic mass is 10.2. The second-order valence-electron chi connectivity index (χ2n) is 5.20. The Bertz CT molecular complexity index is 779. The zero-order valence-corrected chi connectivity index (χ0v) is 12.1. The molecular formula is C16H17N5O. The van der Waals surface area contributed by atoms with Crippen LogP contribution in [0.3, 0.4) is 0 Å². The van der Waals surface area contributed by atoms with Crippen LogP contribution in [0, 0.1) is 0 Å². The van der Waals surface area contributed by atoms with Gasteiger partial charge in [0.05, 0.1) is 30.0 Å². The van der Waals surface area contributed by atoms with Gasteiger partial charge in [0.2, 0.25) is 0 Å². The zero-order valence-electron chi connectivity index (χ0n) is 12.1. The number of fused-ring (bicyclic) bond motifs is 1. The molecule has 2 N–H and O–H groups in total. The molecule has 1 aromatic carbocycles. The number of hydrogen-bond acceptors (Lipinski definition) is 5. The lowest BCUT2D eigenvalue weighted by molar-refractivity contribution is 0.123. The number of nitrogens with zero attached hydrogens (tertiary/aromatic N) is 3. The second-order valence-corrected chi connectivity index (χ2v) is 5.20. The summed E-state index contributed by atoms with van der Waals surface area (Å²) in [4.78, 5) is 14.0. The van der Waals surface area contributed by atoms with Crippen molar-refractivity contribution >= 4 is 28.2 Å². The highest BCUT2D eigenvalue weighted by atomic mass is 16.5. The van der Waals surface area contributed by atoms with Crippen molar-refractivity contribution in [2.75, 3.05) is 36.5 Å². The molecule has 1 fully saturated rings. The third kappa shape index (κ3) is 2.37. The molecule has 1 aliphatic rings. The Balaban J connectivity index is 1.69. The maximum Gasteiger partial charge on any atom is 0.143 e. The number of rotatable bonds is 3. The first-order valence-electron chi connectivity index (χ1n) is 7.39. The Labute approximate surface area is 128 Å². The van der Waals surface area contributed by atoms with Crippen molar-refractivity contribution in [3.8, 4) is 0 Å². The van der Waals surface area contributed by atoms with E-state index >= 15 is 0 Å². The van der Waals surface area contributed by atoms with E-state index in [0.717, 1.165) is 48.8 Å². The Hall–Kier alpha value is -2.60. The van der Waals surface area contributed by atoms with Crippen molar-refractivity contribution < 1.29 is 4.74 Å². The van der Waals surface area contributed by atoms with Gasteiger partial charge < -0.3 is 19.9 Å². The molecule has 0 bridgehead atoms. The minimum absolute atomic E-state index is 0.768. The molecule has 3 heterocycles. The van der Waals surface area contributed by atoms with Gasteiger partial charge in [0, 0.05) is 19.3 Å². The Kier molecular flexibility index (Phi) is 3.36. The summed E-state index contributed by atoms with van der Waals surface area (Å²) in [6, 6.07) is 10.3. The fraction of sp³-hybridized carbons (Fsp3) is 0.250. The number of para-hydroxylation sites is 2. The van der Waals surface area contributed by atoms with Gasteiger partial charge in [-0.1, -0.05) is 12.1 Å². The predicted molar refractivity (Wildman–Crippen MR) is 86.6 cm³/mol. The van der Waals surface area contributed by atoms with Crippen LogP contribution in [0.5, 0.6) is 0 Å². The number of H-pyrrole nitrogens is 1. The van der Waals surface area contributed by atoms with Crippen LogP contribution in [0.25, 0.3) is 11.0 Å². The van der Waals surface area contributed by atoms with Gasteiger partial charge in [0.25, 0.3) is 0 Å². The minimum atomic E-state index is 0.768. The zero-order chi connectivity index (χ0) is 14.8. The summed E-state index contributed by atoms with van der Waals surface area (Å²) in [6.07, 6.45) is 3.44. The third-order valence-electron chi connectivity index (χ3n) is 3.86. The monoisotopic (exact) mass is 295 g/mol. The molecule has 0 radical (unpaired) electrons. The van der Waals surface area contributed by atoms with Crippen LogP contribution in [0.15, 0.2) is 42.9 Å². The molecule has 0 saturated carbocycles. The summed E-state index contributed by atoms with van der Waals surface area (Å²) >= 11 is 0. The highest BCUT2D eigenvalue weighted by Gasteiger charge is 2.15. The van der Waals surface area contributed by atoms with Crippen molar-refractivity contribution in [2.45, 2.75) is 0 Å². The molecule has 4 rings (SSSR count). The van der Waals surface area contributed by atoms with Crippen molar-refractivity contribution in [1.29, 1.82) is 0 Å². The molecule has 112 valence electrons. The fourth-order valence-electron chi connectivity index (χ4n) is 2.76. The second kappa shape index (κ2) is 5.65. The number of ether oxygens (including phenoxy) is 1. The van der Waals surface area contributed by atoms with Crippen LogP contribution in [0.4, 0.5) is 17.2 Å². The molecule has 2 aromatic heterocycles. The molecular weight excluding hydrogens is 278 g/mol. The molecule has 0 unspecified atom stereocenters. The maximum atomic E-state index is 5.44. The normalized spacial score (nSPS) is 15.2. The topological polar surface area (TPSA) is 66.1 Å². The van der Waals surface area contributed by atoms with Crippen LogP contribution in [-0.2, 0) is 4.74 Å². The van der Waals surface area contributed by atoms with E-state index in [4.69, 9.17) is 4.74 Å². The molecule has 0 amide bonds. The summed E-state index contributed by atoms with van der Waals surface area (Å²) in [5.41, 5.74) is 3.06. The average molecular weight is 295 g/mol. The maximum absolute atomic E-state index is 5.44. The van der Waals surface area contributed by atoms with Crippen LogP contribution in [0.2, 0.25) is 0 Å². The number of benzene rings is 1. The summed E-state index contributed by atoms with van der Waals surface area (Å²) in [5, 5.41) is 4.43. The average Bonchev–Trinajstić information content (AvgIpc) is 3.06. The number of morpholine rings is 1. The summed E-state index contributed by atoms with van der Waals surface area (Å²) in [6.45, 7) is 3.35. The van der Waals surface area contributed by atoms with Gasteiger partial charge >= 0.3 is 0 Å². The van der Waals surface area contributed by atoms with E-state index in [1.807, 2.05) is 18.3 Å². The molecule has 0 spiro atoms. The van der Waals surface area contributed by atoms with Gasteiger partial charge in [-0.2, -0.15) is 0 Å². The molecule has 6 nitrogen and oxygen atoms in total. The van der Waals surface area contributed by atoms with Crippen molar-refractivity contribution in [1.82, 2.24) is 15.0 Å². The smallest absolute Gasteiger partial charge is 0.143 e. The first-order chi connectivity index (χ1) is 10.9. The molecule has 0 atom stereocenters. The quantitative estimate of drug-likeness (QED) is 0.777. The summed E-state index contributed by atoms with van der Waals surface area (Å²) in [5.74, 6) is 0.812. The lowest BCUT2D eigenvalue weighted by Gasteiger charge is -2.30. The Morgan fingerprint density at radius 2 is 1.95 bits per heavy atom. The van der Waals surface area contributed by atoms with Gasteiger partial charge in [0.15, 0.2) is 0 Å². The minimum Gasteiger partial charge on any atom is -0.378 e. The van der Waals surface area contributed by atoms with E-state index in [9.17, 15) is 0 Å². The Morgan fingerprint density at radius 1 is 1.09 bits per heavy atom. The molecule has 1 aliphatic heterocycles. The first-order valence-corrected chi connectivity index (χ1v) is 7.39. The number of aromatic amines is 1. The summed E-state index contributed by atoms with van der Waals surface area (Å²) in [7, 11) is 0. The van der Waals surface area contributed by atoms with Crippen molar-refractivity contribution in [3.05, 3.63) is 42.9 Å².